The van der Waals surface area contributed by atoms with Crippen molar-refractivity contribution in [2.24, 2.45) is 0 Å². The maximum Gasteiger partial charge on any atom is 0.0737 e. The molecule has 2 heterocycles. The summed E-state index contributed by atoms with van der Waals surface area (Å²) in [4.78, 5) is 4.41. The van der Waals surface area contributed by atoms with Crippen molar-refractivity contribution < 1.29 is 0 Å². The van der Waals surface area contributed by atoms with Gasteiger partial charge in [-0.3, -0.25) is 4.98 Å². The molecule has 1 saturated heterocycles. The molecule has 21 heavy (non-hydrogen) atoms. The van der Waals surface area contributed by atoms with Crippen molar-refractivity contribution >= 4 is 28.2 Å². The van der Waals surface area contributed by atoms with Crippen molar-refractivity contribution in [1.29, 1.82) is 0 Å². The van der Waals surface area contributed by atoms with Crippen LogP contribution in [0.3, 0.4) is 0 Å². The van der Waals surface area contributed by atoms with E-state index >= 15 is 0 Å². The number of nitrogens with zero attached hydrogens (tertiary/aromatic N) is 1. The first-order valence-corrected chi connectivity index (χ1v) is 8.18. The monoisotopic (exact) mass is 301 g/mol. The average Bonchev–Trinajstić information content (AvgIpc) is 2.46. The zero-order valence-corrected chi connectivity index (χ0v) is 12.8. The lowest BCUT2D eigenvalue weighted by atomic mass is 9.70. The van der Waals surface area contributed by atoms with Gasteiger partial charge in [0, 0.05) is 33.9 Å². The van der Waals surface area contributed by atoms with Crippen LogP contribution in [-0.2, 0) is 0 Å². The summed E-state index contributed by atoms with van der Waals surface area (Å²) in [5.41, 5.74) is 2.56. The van der Waals surface area contributed by atoms with E-state index in [1.165, 1.54) is 37.8 Å². The van der Waals surface area contributed by atoms with Gasteiger partial charge in [0.15, 0.2) is 0 Å². The van der Waals surface area contributed by atoms with E-state index in [0.717, 1.165) is 22.5 Å². The van der Waals surface area contributed by atoms with E-state index in [2.05, 4.69) is 27.8 Å². The maximum atomic E-state index is 6.06. The highest BCUT2D eigenvalue weighted by molar-refractivity contribution is 6.31. The van der Waals surface area contributed by atoms with Gasteiger partial charge in [-0.15, -0.1) is 0 Å². The molecule has 2 aliphatic rings. The summed E-state index contributed by atoms with van der Waals surface area (Å²) >= 11 is 6.06. The molecule has 1 aliphatic heterocycles. The van der Waals surface area contributed by atoms with Crippen molar-refractivity contribution in [2.45, 2.75) is 43.7 Å². The molecule has 1 spiro atoms. The first-order valence-electron chi connectivity index (χ1n) is 7.80. The molecule has 0 radical (unpaired) electrons. The summed E-state index contributed by atoms with van der Waals surface area (Å²) in [6, 6.07) is 8.55. The third-order valence-corrected chi connectivity index (χ3v) is 5.24. The lowest BCUT2D eigenvalue weighted by Crippen LogP contribution is -2.58. The maximum absolute atomic E-state index is 6.06. The average molecular weight is 302 g/mol. The number of benzene rings is 1. The van der Waals surface area contributed by atoms with Crippen molar-refractivity contribution in [1.82, 2.24) is 10.3 Å². The highest BCUT2D eigenvalue weighted by Gasteiger charge is 2.40. The molecule has 2 fully saturated rings. The summed E-state index contributed by atoms with van der Waals surface area (Å²) < 4.78 is 0. The minimum Gasteiger partial charge on any atom is -0.382 e. The number of hydrogen-bond donors (Lipinski definition) is 2. The Bertz CT molecular complexity index is 666. The number of piperidine rings is 1. The predicted molar refractivity (Wildman–Crippen MR) is 88.0 cm³/mol. The fraction of sp³-hybridized carbons (Fsp3) is 0.471. The summed E-state index contributed by atoms with van der Waals surface area (Å²) in [7, 11) is 0. The number of aromatic nitrogens is 1. The zero-order valence-electron chi connectivity index (χ0n) is 12.0. The molecular weight excluding hydrogens is 282 g/mol. The van der Waals surface area contributed by atoms with Crippen LogP contribution in [0, 0.1) is 0 Å². The highest BCUT2D eigenvalue weighted by Crippen LogP contribution is 2.39. The van der Waals surface area contributed by atoms with E-state index < -0.39 is 0 Å². The molecule has 2 N–H and O–H groups in total. The van der Waals surface area contributed by atoms with Gasteiger partial charge in [-0.25, -0.2) is 0 Å². The van der Waals surface area contributed by atoms with Gasteiger partial charge < -0.3 is 10.6 Å². The molecule has 4 heteroatoms. The summed E-state index contributed by atoms with van der Waals surface area (Å²) in [5.74, 6) is 0. The van der Waals surface area contributed by atoms with E-state index in [0.29, 0.717) is 11.6 Å². The Morgan fingerprint density at radius 1 is 1.29 bits per heavy atom. The summed E-state index contributed by atoms with van der Waals surface area (Å²) in [6.45, 7) is 1.12. The van der Waals surface area contributed by atoms with Crippen molar-refractivity contribution in [3.05, 3.63) is 35.5 Å². The molecule has 1 aromatic heterocycles. The van der Waals surface area contributed by atoms with Crippen LogP contribution in [0.15, 0.2) is 30.5 Å². The molecule has 1 unspecified atom stereocenters. The Labute approximate surface area is 130 Å². The number of hydrogen-bond acceptors (Lipinski definition) is 3. The lowest BCUT2D eigenvalue weighted by Gasteiger charge is -2.48. The highest BCUT2D eigenvalue weighted by atomic mass is 35.5. The molecule has 1 aliphatic carbocycles. The minimum absolute atomic E-state index is 0.419. The van der Waals surface area contributed by atoms with E-state index in [-0.39, 0.29) is 0 Å². The van der Waals surface area contributed by atoms with E-state index in [4.69, 9.17) is 11.6 Å². The molecule has 3 nitrogen and oxygen atoms in total. The van der Waals surface area contributed by atoms with Crippen molar-refractivity contribution in [3.63, 3.8) is 0 Å². The van der Waals surface area contributed by atoms with Gasteiger partial charge in [-0.1, -0.05) is 11.6 Å². The molecule has 1 saturated carbocycles. The number of pyridine rings is 1. The second kappa shape index (κ2) is 5.15. The Kier molecular flexibility index (Phi) is 3.27. The molecule has 4 rings (SSSR count). The van der Waals surface area contributed by atoms with E-state index in [9.17, 15) is 0 Å². The van der Waals surface area contributed by atoms with Crippen LogP contribution in [0.1, 0.15) is 32.1 Å². The second-order valence-electron chi connectivity index (χ2n) is 6.41. The van der Waals surface area contributed by atoms with Crippen LogP contribution >= 0.6 is 11.6 Å². The SMILES string of the molecule is Clc1ccc2c(NC3CCNC4(CCC4)C3)ccnc2c1. The van der Waals surface area contributed by atoms with E-state index in [1.54, 1.807) is 0 Å². The Morgan fingerprint density at radius 2 is 2.19 bits per heavy atom. The molecule has 1 atom stereocenters. The largest absolute Gasteiger partial charge is 0.382 e. The van der Waals surface area contributed by atoms with Crippen molar-refractivity contribution in [2.75, 3.05) is 11.9 Å². The Morgan fingerprint density at radius 3 is 3.00 bits per heavy atom. The Balaban J connectivity index is 1.59. The summed E-state index contributed by atoms with van der Waals surface area (Å²) in [6.07, 6.45) is 8.30. The number of anilines is 1. The molecule has 2 aromatic rings. The zero-order chi connectivity index (χ0) is 14.3. The normalized spacial score (nSPS) is 24.0. The second-order valence-corrected chi connectivity index (χ2v) is 6.85. The topological polar surface area (TPSA) is 37.0 Å². The number of fused-ring (bicyclic) bond motifs is 1. The quantitative estimate of drug-likeness (QED) is 0.881. The van der Waals surface area contributed by atoms with Gasteiger partial charge in [0.1, 0.15) is 0 Å². The van der Waals surface area contributed by atoms with Crippen LogP contribution in [0.25, 0.3) is 10.9 Å². The van der Waals surface area contributed by atoms with Crippen LogP contribution in [0.2, 0.25) is 5.02 Å². The molecule has 1 aromatic carbocycles. The van der Waals surface area contributed by atoms with Gasteiger partial charge >= 0.3 is 0 Å². The number of nitrogens with one attached hydrogen (secondary N) is 2. The fourth-order valence-electron chi connectivity index (χ4n) is 3.73. The first kappa shape index (κ1) is 13.4. The molecule has 0 amide bonds. The smallest absolute Gasteiger partial charge is 0.0737 e. The Hall–Kier alpha value is -1.32. The molecule has 110 valence electrons. The fourth-order valence-corrected chi connectivity index (χ4v) is 3.90. The summed E-state index contributed by atoms with van der Waals surface area (Å²) in [5, 5.41) is 9.36. The van der Waals surface area contributed by atoms with E-state index in [1.807, 2.05) is 18.3 Å². The standard InChI is InChI=1S/C17H20ClN3/c18-12-2-3-14-15(5-8-19-16(14)10-12)21-13-4-9-20-17(11-13)6-1-7-17/h2-3,5,8,10,13,20H,1,4,6-7,9,11H2,(H,19,21). The third kappa shape index (κ3) is 2.49. The molecule has 0 bridgehead atoms. The number of rotatable bonds is 2. The van der Waals surface area contributed by atoms with Crippen molar-refractivity contribution in [3.8, 4) is 0 Å². The first-order chi connectivity index (χ1) is 10.2. The third-order valence-electron chi connectivity index (χ3n) is 5.00. The van der Waals surface area contributed by atoms with Crippen LogP contribution in [0.5, 0.6) is 0 Å². The van der Waals surface area contributed by atoms with Crippen LogP contribution in [0.4, 0.5) is 5.69 Å². The predicted octanol–water partition coefficient (Wildman–Crippen LogP) is 3.97. The minimum atomic E-state index is 0.419. The molecular formula is C17H20ClN3. The lowest BCUT2D eigenvalue weighted by molar-refractivity contribution is 0.135. The van der Waals surface area contributed by atoms with Gasteiger partial charge in [0.2, 0.25) is 0 Å². The van der Waals surface area contributed by atoms with Crippen LogP contribution < -0.4 is 10.6 Å². The van der Waals surface area contributed by atoms with Gasteiger partial charge in [-0.05, 0) is 62.9 Å². The number of halogens is 1. The van der Waals surface area contributed by atoms with Gasteiger partial charge in [0.05, 0.1) is 5.52 Å². The van der Waals surface area contributed by atoms with Gasteiger partial charge in [-0.2, -0.15) is 0 Å². The van der Waals surface area contributed by atoms with Gasteiger partial charge in [0.25, 0.3) is 0 Å². The van der Waals surface area contributed by atoms with Crippen LogP contribution in [-0.4, -0.2) is 23.1 Å².